The van der Waals surface area contributed by atoms with E-state index in [1.54, 1.807) is 24.3 Å². The average molecular weight is 510 g/mol. The molecule has 0 amide bonds. The lowest BCUT2D eigenvalue weighted by molar-refractivity contribution is 0.0684. The maximum atomic E-state index is 13.5. The van der Waals surface area contributed by atoms with Crippen molar-refractivity contribution >= 4 is 28.7 Å². The SMILES string of the molecule is Cc1ccc(S(=O)(=O)N2C(O)CC[C@H]2CO[Si](c2ccccc2)(c2ccccc2)C(C)(C)C)cc1. The smallest absolute Gasteiger partial charge is 0.261 e. The Balaban J connectivity index is 1.73. The van der Waals surface area contributed by atoms with Gasteiger partial charge in [-0.05, 0) is 47.3 Å². The standard InChI is InChI=1S/C28H35NO4SSi/c1-22-15-18-24(19-16-22)34(31,32)29-23(17-20-27(29)30)21-33-35(28(2,3)4,25-11-7-5-8-12-25)26-13-9-6-10-14-26/h5-16,18-19,23,27,30H,17,20-21H2,1-4H3/t23-,27?/m0/s1. The Kier molecular flexibility index (Phi) is 7.36. The van der Waals surface area contributed by atoms with E-state index in [0.29, 0.717) is 12.8 Å². The van der Waals surface area contributed by atoms with Crippen LogP contribution in [0.25, 0.3) is 0 Å². The molecule has 3 aromatic rings. The Labute approximate surface area is 210 Å². The summed E-state index contributed by atoms with van der Waals surface area (Å²) in [5.41, 5.74) is 0.984. The molecule has 0 radical (unpaired) electrons. The highest BCUT2D eigenvalue weighted by molar-refractivity contribution is 7.89. The number of hydrogen-bond donors (Lipinski definition) is 1. The number of aryl methyl sites for hydroxylation is 1. The summed E-state index contributed by atoms with van der Waals surface area (Å²) in [5, 5.41) is 12.8. The van der Waals surface area contributed by atoms with Gasteiger partial charge < -0.3 is 9.53 Å². The van der Waals surface area contributed by atoms with Gasteiger partial charge in [0.1, 0.15) is 6.23 Å². The van der Waals surface area contributed by atoms with Gasteiger partial charge in [0.15, 0.2) is 0 Å². The monoisotopic (exact) mass is 509 g/mol. The van der Waals surface area contributed by atoms with Crippen LogP contribution in [0.2, 0.25) is 5.04 Å². The molecule has 0 saturated carbocycles. The van der Waals surface area contributed by atoms with E-state index in [1.807, 2.05) is 43.3 Å². The van der Waals surface area contributed by atoms with Crippen LogP contribution in [0.4, 0.5) is 0 Å². The first-order valence-corrected chi connectivity index (χ1v) is 15.5. The van der Waals surface area contributed by atoms with E-state index < -0.39 is 30.6 Å². The molecule has 2 atom stereocenters. The van der Waals surface area contributed by atoms with Gasteiger partial charge in [0.2, 0.25) is 10.0 Å². The van der Waals surface area contributed by atoms with Crippen LogP contribution in [0.5, 0.6) is 0 Å². The molecule has 0 spiro atoms. The van der Waals surface area contributed by atoms with E-state index in [2.05, 4.69) is 45.0 Å². The third kappa shape index (κ3) is 4.88. The lowest BCUT2D eigenvalue weighted by atomic mass is 10.2. The van der Waals surface area contributed by atoms with Gasteiger partial charge in [0.25, 0.3) is 8.32 Å². The molecule has 35 heavy (non-hydrogen) atoms. The van der Waals surface area contributed by atoms with E-state index in [4.69, 9.17) is 4.43 Å². The van der Waals surface area contributed by atoms with Crippen molar-refractivity contribution in [3.05, 3.63) is 90.5 Å². The lowest BCUT2D eigenvalue weighted by Crippen LogP contribution is -2.67. The highest BCUT2D eigenvalue weighted by Crippen LogP contribution is 2.38. The van der Waals surface area contributed by atoms with Gasteiger partial charge in [0, 0.05) is 0 Å². The highest BCUT2D eigenvalue weighted by atomic mass is 32.2. The first-order valence-electron chi connectivity index (χ1n) is 12.1. The number of benzene rings is 3. The molecule has 0 aliphatic carbocycles. The van der Waals surface area contributed by atoms with Crippen molar-refractivity contribution in [1.82, 2.24) is 4.31 Å². The Morgan fingerprint density at radius 2 is 1.40 bits per heavy atom. The molecule has 5 nitrogen and oxygen atoms in total. The number of hydrogen-bond acceptors (Lipinski definition) is 4. The zero-order valence-corrected chi connectivity index (χ0v) is 22.7. The van der Waals surface area contributed by atoms with Gasteiger partial charge in [-0.3, -0.25) is 0 Å². The minimum absolute atomic E-state index is 0.194. The van der Waals surface area contributed by atoms with Crippen molar-refractivity contribution in [1.29, 1.82) is 0 Å². The van der Waals surface area contributed by atoms with E-state index >= 15 is 0 Å². The van der Waals surface area contributed by atoms with E-state index in [-0.39, 0.29) is 16.5 Å². The van der Waals surface area contributed by atoms with Crippen LogP contribution < -0.4 is 10.4 Å². The summed E-state index contributed by atoms with van der Waals surface area (Å²) in [7, 11) is -6.68. The molecule has 1 heterocycles. The number of aliphatic hydroxyl groups is 1. The predicted molar refractivity (Wildman–Crippen MR) is 143 cm³/mol. The van der Waals surface area contributed by atoms with E-state index in [1.165, 1.54) is 4.31 Å². The van der Waals surface area contributed by atoms with E-state index in [0.717, 1.165) is 15.9 Å². The van der Waals surface area contributed by atoms with Crippen LogP contribution in [0.15, 0.2) is 89.8 Å². The van der Waals surface area contributed by atoms with Crippen LogP contribution in [-0.2, 0) is 14.4 Å². The van der Waals surface area contributed by atoms with Gasteiger partial charge in [-0.25, -0.2) is 8.42 Å². The van der Waals surface area contributed by atoms with Gasteiger partial charge >= 0.3 is 0 Å². The summed E-state index contributed by atoms with van der Waals surface area (Å²) in [4.78, 5) is 0.194. The van der Waals surface area contributed by atoms with Crippen molar-refractivity contribution in [2.75, 3.05) is 6.61 Å². The van der Waals surface area contributed by atoms with Gasteiger partial charge in [-0.2, -0.15) is 4.31 Å². The molecular weight excluding hydrogens is 474 g/mol. The molecule has 3 aromatic carbocycles. The molecule has 1 fully saturated rings. The van der Waals surface area contributed by atoms with Crippen LogP contribution in [0.3, 0.4) is 0 Å². The Hall–Kier alpha value is -2.29. The molecule has 1 unspecified atom stereocenters. The second-order valence-electron chi connectivity index (χ2n) is 10.3. The number of sulfonamides is 1. The normalized spacial score (nSPS) is 19.7. The molecule has 7 heteroatoms. The molecule has 1 saturated heterocycles. The molecule has 0 aromatic heterocycles. The Morgan fingerprint density at radius 1 is 0.886 bits per heavy atom. The maximum Gasteiger partial charge on any atom is 0.261 e. The summed E-state index contributed by atoms with van der Waals surface area (Å²) in [5.74, 6) is 0. The largest absolute Gasteiger partial charge is 0.406 e. The molecule has 1 aliphatic rings. The zero-order chi connectivity index (χ0) is 25.3. The topological polar surface area (TPSA) is 66.8 Å². The summed E-state index contributed by atoms with van der Waals surface area (Å²) < 4.78 is 35.4. The van der Waals surface area contributed by atoms with Crippen molar-refractivity contribution in [3.8, 4) is 0 Å². The van der Waals surface area contributed by atoms with Gasteiger partial charge in [-0.1, -0.05) is 99.1 Å². The van der Waals surface area contributed by atoms with Crippen molar-refractivity contribution in [3.63, 3.8) is 0 Å². The molecular formula is C28H35NO4SSi. The van der Waals surface area contributed by atoms with Crippen LogP contribution in [0.1, 0.15) is 39.2 Å². The molecule has 1 aliphatic heterocycles. The fourth-order valence-corrected chi connectivity index (χ4v) is 11.5. The minimum Gasteiger partial charge on any atom is -0.406 e. The van der Waals surface area contributed by atoms with Crippen molar-refractivity contribution < 1.29 is 18.0 Å². The minimum atomic E-state index is -3.87. The maximum absolute atomic E-state index is 13.5. The first-order chi connectivity index (χ1) is 16.6. The van der Waals surface area contributed by atoms with Crippen molar-refractivity contribution in [2.24, 2.45) is 0 Å². The summed E-state index contributed by atoms with van der Waals surface area (Å²) in [6, 6.07) is 26.9. The number of rotatable bonds is 7. The average Bonchev–Trinajstić information content (AvgIpc) is 3.21. The quantitative estimate of drug-likeness (QED) is 0.488. The Morgan fingerprint density at radius 3 is 1.89 bits per heavy atom. The van der Waals surface area contributed by atoms with Gasteiger partial charge in [-0.15, -0.1) is 0 Å². The van der Waals surface area contributed by atoms with Gasteiger partial charge in [0.05, 0.1) is 17.5 Å². The third-order valence-corrected chi connectivity index (χ3v) is 13.9. The molecule has 0 bridgehead atoms. The lowest BCUT2D eigenvalue weighted by Gasteiger charge is -2.44. The fraction of sp³-hybridized carbons (Fsp3) is 0.357. The Bertz CT molecular complexity index is 1190. The third-order valence-electron chi connectivity index (χ3n) is 6.92. The number of aliphatic hydroxyl groups excluding tert-OH is 1. The number of nitrogens with zero attached hydrogens (tertiary/aromatic N) is 1. The molecule has 4 rings (SSSR count). The second kappa shape index (κ2) is 9.99. The highest BCUT2D eigenvalue weighted by Gasteiger charge is 2.51. The van der Waals surface area contributed by atoms with E-state index in [9.17, 15) is 13.5 Å². The fourth-order valence-electron chi connectivity index (χ4n) is 5.17. The van der Waals surface area contributed by atoms with Crippen LogP contribution in [-0.4, -0.2) is 45.0 Å². The summed E-state index contributed by atoms with van der Waals surface area (Å²) in [6.07, 6.45) is -0.126. The molecule has 186 valence electrons. The predicted octanol–water partition coefficient (Wildman–Crippen LogP) is 4.04. The second-order valence-corrected chi connectivity index (χ2v) is 16.5. The zero-order valence-electron chi connectivity index (χ0n) is 20.9. The molecule has 1 N–H and O–H groups in total. The summed E-state index contributed by atoms with van der Waals surface area (Å²) in [6.45, 7) is 8.73. The first kappa shape index (κ1) is 25.8. The van der Waals surface area contributed by atoms with Crippen LogP contribution >= 0.6 is 0 Å². The van der Waals surface area contributed by atoms with Crippen LogP contribution in [0, 0.1) is 6.92 Å². The summed E-state index contributed by atoms with van der Waals surface area (Å²) >= 11 is 0. The van der Waals surface area contributed by atoms with Crippen molar-refractivity contribution in [2.45, 2.75) is 62.7 Å².